The van der Waals surface area contributed by atoms with Crippen LogP contribution < -0.4 is 0 Å². The van der Waals surface area contributed by atoms with Gasteiger partial charge in [0.1, 0.15) is 0 Å². The molecule has 4 heteroatoms. The maximum atomic E-state index is 11.8. The van der Waals surface area contributed by atoms with Gasteiger partial charge in [-0.1, -0.05) is 32.6 Å². The summed E-state index contributed by atoms with van der Waals surface area (Å²) in [5.41, 5.74) is -0.111. The van der Waals surface area contributed by atoms with Gasteiger partial charge in [0.2, 0.25) is 0 Å². The van der Waals surface area contributed by atoms with E-state index >= 15 is 0 Å². The molecule has 0 aromatic rings. The summed E-state index contributed by atoms with van der Waals surface area (Å²) in [7, 11) is -0.812. The summed E-state index contributed by atoms with van der Waals surface area (Å²) in [6, 6.07) is 0. The number of hydrogen-bond donors (Lipinski definition) is 1. The van der Waals surface area contributed by atoms with E-state index in [4.69, 9.17) is 5.11 Å². The molecule has 0 radical (unpaired) electrons. The third-order valence-electron chi connectivity index (χ3n) is 3.43. The molecule has 0 heterocycles. The lowest BCUT2D eigenvalue weighted by Crippen LogP contribution is -2.18. The number of rotatable bonds is 10. The summed E-state index contributed by atoms with van der Waals surface area (Å²) in [6.07, 6.45) is 7.99. The Morgan fingerprint density at radius 2 is 1.88 bits per heavy atom. The minimum Gasteiger partial charge on any atom is -0.481 e. The van der Waals surface area contributed by atoms with Crippen LogP contribution in [0.2, 0.25) is 0 Å². The molecule has 100 valence electrons. The second-order valence-electron chi connectivity index (χ2n) is 5.27. The van der Waals surface area contributed by atoms with Crippen LogP contribution in [0.3, 0.4) is 0 Å². The Kier molecular flexibility index (Phi) is 6.17. The third-order valence-corrected chi connectivity index (χ3v) is 5.10. The van der Waals surface area contributed by atoms with Gasteiger partial charge in [-0.2, -0.15) is 0 Å². The Labute approximate surface area is 106 Å². The predicted octanol–water partition coefficient (Wildman–Crippen LogP) is 2.96. The summed E-state index contributed by atoms with van der Waals surface area (Å²) in [5, 5.41) is 8.78. The molecule has 1 N–H and O–H groups in total. The summed E-state index contributed by atoms with van der Waals surface area (Å²) in [6.45, 7) is 2.18. The van der Waals surface area contributed by atoms with E-state index in [1.165, 1.54) is 19.3 Å². The SMILES string of the molecule is CCCCCCCS(=O)CC1(CC(=O)O)CC1. The summed E-state index contributed by atoms with van der Waals surface area (Å²) in [5.74, 6) is 0.612. The van der Waals surface area contributed by atoms with Crippen LogP contribution in [-0.2, 0) is 15.6 Å². The zero-order valence-corrected chi connectivity index (χ0v) is 11.6. The van der Waals surface area contributed by atoms with E-state index in [9.17, 15) is 9.00 Å². The maximum absolute atomic E-state index is 11.8. The van der Waals surface area contributed by atoms with Gasteiger partial charge in [-0.15, -0.1) is 0 Å². The highest BCUT2D eigenvalue weighted by Crippen LogP contribution is 2.49. The van der Waals surface area contributed by atoms with Crippen LogP contribution in [-0.4, -0.2) is 26.8 Å². The smallest absolute Gasteiger partial charge is 0.303 e. The van der Waals surface area contributed by atoms with Gasteiger partial charge in [0.05, 0.1) is 6.42 Å². The molecule has 1 aliphatic rings. The minimum absolute atomic E-state index is 0.111. The van der Waals surface area contributed by atoms with E-state index in [1.807, 2.05) is 0 Å². The van der Waals surface area contributed by atoms with E-state index in [-0.39, 0.29) is 11.8 Å². The average Bonchev–Trinajstić information content (AvgIpc) is 2.96. The second-order valence-corrected chi connectivity index (χ2v) is 6.85. The number of carboxylic acid groups (broad SMARTS) is 1. The molecule has 3 nitrogen and oxygen atoms in total. The molecular weight excluding hydrogens is 236 g/mol. The molecule has 1 fully saturated rings. The molecule has 1 saturated carbocycles. The van der Waals surface area contributed by atoms with Gasteiger partial charge >= 0.3 is 5.97 Å². The predicted molar refractivity (Wildman–Crippen MR) is 70.6 cm³/mol. The lowest BCUT2D eigenvalue weighted by molar-refractivity contribution is -0.138. The van der Waals surface area contributed by atoms with Crippen LogP contribution in [0.4, 0.5) is 0 Å². The van der Waals surface area contributed by atoms with Gasteiger partial charge in [0.25, 0.3) is 0 Å². The van der Waals surface area contributed by atoms with E-state index in [0.29, 0.717) is 5.75 Å². The zero-order valence-electron chi connectivity index (χ0n) is 10.7. The molecule has 1 unspecified atom stereocenters. The fourth-order valence-electron chi connectivity index (χ4n) is 2.15. The molecule has 0 saturated heterocycles. The Morgan fingerprint density at radius 3 is 2.41 bits per heavy atom. The summed E-state index contributed by atoms with van der Waals surface area (Å²) < 4.78 is 11.8. The standard InChI is InChI=1S/C13H24O3S/c1-2-3-4-5-6-9-17(16)11-13(7-8-13)10-12(14)15/h2-11H2,1H3,(H,14,15). The summed E-state index contributed by atoms with van der Waals surface area (Å²) in [4.78, 5) is 10.7. The Bertz CT molecular complexity index is 272. The van der Waals surface area contributed by atoms with E-state index < -0.39 is 16.8 Å². The number of aliphatic carboxylic acids is 1. The molecule has 0 bridgehead atoms. The van der Waals surface area contributed by atoms with Crippen molar-refractivity contribution in [3.63, 3.8) is 0 Å². The van der Waals surface area contributed by atoms with E-state index in [0.717, 1.165) is 31.4 Å². The van der Waals surface area contributed by atoms with Crippen molar-refractivity contribution in [1.82, 2.24) is 0 Å². The monoisotopic (exact) mass is 260 g/mol. The van der Waals surface area contributed by atoms with Gasteiger partial charge in [0.15, 0.2) is 0 Å². The number of unbranched alkanes of at least 4 members (excludes halogenated alkanes) is 4. The molecule has 0 aromatic heterocycles. The van der Waals surface area contributed by atoms with Gasteiger partial charge in [-0.3, -0.25) is 9.00 Å². The molecule has 1 atom stereocenters. The lowest BCUT2D eigenvalue weighted by Gasteiger charge is -2.11. The van der Waals surface area contributed by atoms with Crippen LogP contribution in [0.5, 0.6) is 0 Å². The van der Waals surface area contributed by atoms with Gasteiger partial charge in [-0.05, 0) is 24.7 Å². The van der Waals surface area contributed by atoms with Crippen molar-refractivity contribution in [2.75, 3.05) is 11.5 Å². The first kappa shape index (κ1) is 14.7. The van der Waals surface area contributed by atoms with Crippen molar-refractivity contribution in [1.29, 1.82) is 0 Å². The highest BCUT2D eigenvalue weighted by atomic mass is 32.2. The van der Waals surface area contributed by atoms with Crippen molar-refractivity contribution in [2.24, 2.45) is 5.41 Å². The van der Waals surface area contributed by atoms with Crippen LogP contribution in [0, 0.1) is 5.41 Å². The topological polar surface area (TPSA) is 54.4 Å². The highest BCUT2D eigenvalue weighted by Gasteiger charge is 2.45. The Hall–Kier alpha value is -0.380. The molecule has 0 spiro atoms. The van der Waals surface area contributed by atoms with Crippen molar-refractivity contribution in [2.45, 2.75) is 58.3 Å². The largest absolute Gasteiger partial charge is 0.481 e. The Balaban J connectivity index is 2.10. The van der Waals surface area contributed by atoms with Crippen molar-refractivity contribution in [3.05, 3.63) is 0 Å². The molecule has 17 heavy (non-hydrogen) atoms. The quantitative estimate of drug-likeness (QED) is 0.614. The van der Waals surface area contributed by atoms with Crippen LogP contribution in [0.1, 0.15) is 58.3 Å². The fraction of sp³-hybridized carbons (Fsp3) is 0.923. The number of carbonyl (C=O) groups is 1. The molecule has 0 amide bonds. The van der Waals surface area contributed by atoms with Crippen molar-refractivity contribution >= 4 is 16.8 Å². The molecule has 1 aliphatic carbocycles. The van der Waals surface area contributed by atoms with Gasteiger partial charge in [0, 0.05) is 22.3 Å². The average molecular weight is 260 g/mol. The Morgan fingerprint density at radius 1 is 1.24 bits per heavy atom. The second kappa shape index (κ2) is 7.14. The lowest BCUT2D eigenvalue weighted by atomic mass is 10.1. The summed E-state index contributed by atoms with van der Waals surface area (Å²) >= 11 is 0. The van der Waals surface area contributed by atoms with Gasteiger partial charge in [-0.25, -0.2) is 0 Å². The van der Waals surface area contributed by atoms with Crippen molar-refractivity contribution in [3.8, 4) is 0 Å². The third kappa shape index (κ3) is 6.20. The van der Waals surface area contributed by atoms with Crippen LogP contribution >= 0.6 is 0 Å². The molecule has 0 aromatic carbocycles. The van der Waals surface area contributed by atoms with Gasteiger partial charge < -0.3 is 5.11 Å². The molecule has 1 rings (SSSR count). The highest BCUT2D eigenvalue weighted by molar-refractivity contribution is 7.85. The number of carboxylic acids is 1. The first-order valence-electron chi connectivity index (χ1n) is 6.65. The first-order chi connectivity index (χ1) is 8.08. The molecule has 0 aliphatic heterocycles. The van der Waals surface area contributed by atoms with E-state index in [1.54, 1.807) is 0 Å². The minimum atomic E-state index is -0.812. The van der Waals surface area contributed by atoms with E-state index in [2.05, 4.69) is 6.92 Å². The van der Waals surface area contributed by atoms with Crippen molar-refractivity contribution < 1.29 is 14.1 Å². The first-order valence-corrected chi connectivity index (χ1v) is 8.13. The number of hydrogen-bond acceptors (Lipinski definition) is 2. The van der Waals surface area contributed by atoms with Crippen LogP contribution in [0.15, 0.2) is 0 Å². The molecular formula is C13H24O3S. The maximum Gasteiger partial charge on any atom is 0.303 e. The van der Waals surface area contributed by atoms with Crippen LogP contribution in [0.25, 0.3) is 0 Å². The normalized spacial score (nSPS) is 18.9. The fourth-order valence-corrected chi connectivity index (χ4v) is 3.89. The zero-order chi connectivity index (χ0) is 12.7.